The zero-order valence-corrected chi connectivity index (χ0v) is 12.6. The Bertz CT molecular complexity index is 608. The third kappa shape index (κ3) is 5.97. The minimum atomic E-state index is -0.145. The quantitative estimate of drug-likeness (QED) is 0.570. The maximum Gasteiger partial charge on any atom is 0.109 e. The van der Waals surface area contributed by atoms with Gasteiger partial charge in [-0.15, -0.1) is 6.58 Å². The molecular weight excluding hydrogens is 272 g/mol. The van der Waals surface area contributed by atoms with Crippen LogP contribution in [0.15, 0.2) is 73.3 Å². The number of ether oxygens (including phenoxy) is 2. The van der Waals surface area contributed by atoms with Gasteiger partial charge < -0.3 is 9.47 Å². The van der Waals surface area contributed by atoms with Gasteiger partial charge in [0.2, 0.25) is 0 Å². The molecule has 0 saturated heterocycles. The van der Waals surface area contributed by atoms with Crippen LogP contribution in [0.25, 0.3) is 0 Å². The van der Waals surface area contributed by atoms with Crippen molar-refractivity contribution < 1.29 is 9.47 Å². The van der Waals surface area contributed by atoms with Crippen molar-refractivity contribution >= 4 is 0 Å². The Labute approximate surface area is 132 Å². The predicted octanol–water partition coefficient (Wildman–Crippen LogP) is 3.83. The molecule has 0 spiro atoms. The Morgan fingerprint density at radius 2 is 1.68 bits per heavy atom. The van der Waals surface area contributed by atoms with Crippen LogP contribution in [0.3, 0.4) is 0 Å². The largest absolute Gasteiger partial charge is 0.374 e. The summed E-state index contributed by atoms with van der Waals surface area (Å²) in [6, 6.07) is 19.9. The molecule has 0 bridgehead atoms. The highest BCUT2D eigenvalue weighted by Gasteiger charge is 2.03. The summed E-state index contributed by atoms with van der Waals surface area (Å²) in [5.74, 6) is 6.05. The summed E-state index contributed by atoms with van der Waals surface area (Å²) in [6.45, 7) is 5.18. The van der Waals surface area contributed by atoms with E-state index in [9.17, 15) is 0 Å². The van der Waals surface area contributed by atoms with Crippen LogP contribution in [0.1, 0.15) is 11.1 Å². The van der Waals surface area contributed by atoms with E-state index in [-0.39, 0.29) is 6.10 Å². The van der Waals surface area contributed by atoms with Crippen molar-refractivity contribution in [1.82, 2.24) is 0 Å². The van der Waals surface area contributed by atoms with Gasteiger partial charge in [-0.3, -0.25) is 0 Å². The standard InChI is InChI=1S/C20H20O2/c1-2-20(17-21-16-19-12-7-4-8-13-19)22-15-9-14-18-10-5-3-6-11-18/h2-8,10-13,20H,1,15-17H2/t20-/m1/s1. The van der Waals surface area contributed by atoms with Gasteiger partial charge in [0, 0.05) is 5.56 Å². The molecule has 2 rings (SSSR count). The fourth-order valence-electron chi connectivity index (χ4n) is 1.86. The molecule has 2 nitrogen and oxygen atoms in total. The van der Waals surface area contributed by atoms with Crippen LogP contribution < -0.4 is 0 Å². The first-order chi connectivity index (χ1) is 10.9. The lowest BCUT2D eigenvalue weighted by atomic mass is 10.2. The van der Waals surface area contributed by atoms with Gasteiger partial charge in [0.1, 0.15) is 6.61 Å². The number of hydrogen-bond donors (Lipinski definition) is 0. The molecule has 2 heteroatoms. The Morgan fingerprint density at radius 1 is 1.00 bits per heavy atom. The maximum atomic E-state index is 5.64. The van der Waals surface area contributed by atoms with Gasteiger partial charge >= 0.3 is 0 Å². The number of benzene rings is 2. The highest BCUT2D eigenvalue weighted by Crippen LogP contribution is 2.03. The van der Waals surface area contributed by atoms with Crippen LogP contribution in [-0.4, -0.2) is 19.3 Å². The molecule has 1 atom stereocenters. The van der Waals surface area contributed by atoms with Gasteiger partial charge in [-0.1, -0.05) is 66.4 Å². The molecule has 0 aliphatic rings. The molecule has 0 amide bonds. The lowest BCUT2D eigenvalue weighted by Gasteiger charge is -2.12. The zero-order valence-electron chi connectivity index (χ0n) is 12.6. The topological polar surface area (TPSA) is 18.5 Å². The predicted molar refractivity (Wildman–Crippen MR) is 89.4 cm³/mol. The molecular formula is C20H20O2. The molecule has 0 aliphatic carbocycles. The summed E-state index contributed by atoms with van der Waals surface area (Å²) in [5.41, 5.74) is 2.13. The second kappa shape index (κ2) is 9.57. The molecule has 0 aromatic heterocycles. The van der Waals surface area contributed by atoms with Crippen LogP contribution >= 0.6 is 0 Å². The van der Waals surface area contributed by atoms with Crippen molar-refractivity contribution in [2.75, 3.05) is 13.2 Å². The van der Waals surface area contributed by atoms with Crippen LogP contribution in [-0.2, 0) is 16.1 Å². The van der Waals surface area contributed by atoms with Gasteiger partial charge in [-0.05, 0) is 17.7 Å². The Kier molecular flexibility index (Phi) is 6.98. The minimum Gasteiger partial charge on any atom is -0.374 e. The van der Waals surface area contributed by atoms with Crippen LogP contribution in [0.2, 0.25) is 0 Å². The molecule has 2 aromatic rings. The van der Waals surface area contributed by atoms with E-state index >= 15 is 0 Å². The fourth-order valence-corrected chi connectivity index (χ4v) is 1.86. The van der Waals surface area contributed by atoms with Crippen LogP contribution in [0.4, 0.5) is 0 Å². The van der Waals surface area contributed by atoms with Crippen molar-refractivity contribution in [1.29, 1.82) is 0 Å². The SMILES string of the molecule is C=C[C@H](COCc1ccccc1)OCC#Cc1ccccc1. The molecule has 0 aliphatic heterocycles. The molecule has 0 radical (unpaired) electrons. The van der Waals surface area contributed by atoms with Gasteiger partial charge in [0.15, 0.2) is 0 Å². The molecule has 22 heavy (non-hydrogen) atoms. The van der Waals surface area contributed by atoms with E-state index < -0.39 is 0 Å². The summed E-state index contributed by atoms with van der Waals surface area (Å²) < 4.78 is 11.3. The third-order valence-corrected chi connectivity index (χ3v) is 3.03. The first kappa shape index (κ1) is 16.0. The van der Waals surface area contributed by atoms with E-state index in [0.717, 1.165) is 11.1 Å². The first-order valence-corrected chi connectivity index (χ1v) is 7.28. The van der Waals surface area contributed by atoms with Crippen molar-refractivity contribution in [3.05, 3.63) is 84.4 Å². The summed E-state index contributed by atoms with van der Waals surface area (Å²) in [6.07, 6.45) is 1.60. The highest BCUT2D eigenvalue weighted by molar-refractivity contribution is 5.33. The second-order valence-electron chi connectivity index (χ2n) is 4.75. The summed E-state index contributed by atoms with van der Waals surface area (Å²) >= 11 is 0. The van der Waals surface area contributed by atoms with Crippen molar-refractivity contribution in [3.8, 4) is 11.8 Å². The maximum absolute atomic E-state index is 5.64. The normalized spacial score (nSPS) is 11.3. The van der Waals surface area contributed by atoms with E-state index in [2.05, 4.69) is 18.4 Å². The van der Waals surface area contributed by atoms with Crippen molar-refractivity contribution in [2.24, 2.45) is 0 Å². The number of hydrogen-bond acceptors (Lipinski definition) is 2. The van der Waals surface area contributed by atoms with Crippen molar-refractivity contribution in [2.45, 2.75) is 12.7 Å². The smallest absolute Gasteiger partial charge is 0.109 e. The van der Waals surface area contributed by atoms with Gasteiger partial charge in [-0.2, -0.15) is 0 Å². The van der Waals surface area contributed by atoms with Gasteiger partial charge in [-0.25, -0.2) is 0 Å². The van der Waals surface area contributed by atoms with Gasteiger partial charge in [0.25, 0.3) is 0 Å². The van der Waals surface area contributed by atoms with Crippen LogP contribution in [0, 0.1) is 11.8 Å². The van der Waals surface area contributed by atoms with E-state index in [1.54, 1.807) is 6.08 Å². The molecule has 0 fully saturated rings. The second-order valence-corrected chi connectivity index (χ2v) is 4.75. The third-order valence-electron chi connectivity index (χ3n) is 3.03. The Hall–Kier alpha value is -2.34. The Morgan fingerprint density at radius 3 is 2.36 bits per heavy atom. The van der Waals surface area contributed by atoms with E-state index in [4.69, 9.17) is 9.47 Å². The summed E-state index contributed by atoms with van der Waals surface area (Å²) in [7, 11) is 0. The average molecular weight is 292 g/mol. The first-order valence-electron chi connectivity index (χ1n) is 7.28. The van der Waals surface area contributed by atoms with Crippen molar-refractivity contribution in [3.63, 3.8) is 0 Å². The van der Waals surface area contributed by atoms with E-state index in [0.29, 0.717) is 19.8 Å². The van der Waals surface area contributed by atoms with E-state index in [1.165, 1.54) is 0 Å². The molecule has 0 N–H and O–H groups in total. The zero-order chi connectivity index (χ0) is 15.5. The molecule has 112 valence electrons. The lowest BCUT2D eigenvalue weighted by molar-refractivity contribution is 0.0147. The van der Waals surface area contributed by atoms with Gasteiger partial charge in [0.05, 0.1) is 19.3 Å². The fraction of sp³-hybridized carbons (Fsp3) is 0.200. The van der Waals surface area contributed by atoms with E-state index in [1.807, 2.05) is 60.7 Å². The minimum absolute atomic E-state index is 0.145. The highest BCUT2D eigenvalue weighted by atomic mass is 16.5. The monoisotopic (exact) mass is 292 g/mol. The molecule has 2 aromatic carbocycles. The average Bonchev–Trinajstić information content (AvgIpc) is 2.59. The van der Waals surface area contributed by atoms with Crippen LogP contribution in [0.5, 0.6) is 0 Å². The summed E-state index contributed by atoms with van der Waals surface area (Å²) in [5, 5.41) is 0. The summed E-state index contributed by atoms with van der Waals surface area (Å²) in [4.78, 5) is 0. The molecule has 0 unspecified atom stereocenters. The number of rotatable bonds is 7. The molecule has 0 saturated carbocycles. The molecule has 0 heterocycles. The Balaban J connectivity index is 1.69. The lowest BCUT2D eigenvalue weighted by Crippen LogP contribution is -2.17.